The van der Waals surface area contributed by atoms with Crippen LogP contribution in [0.15, 0.2) is 228 Å². The average molecular weight is 1320 g/mol. The van der Waals surface area contributed by atoms with Crippen LogP contribution in [0, 0.1) is 0 Å². The van der Waals surface area contributed by atoms with Gasteiger partial charge in [-0.3, -0.25) is 9.59 Å². The van der Waals surface area contributed by atoms with Crippen LogP contribution in [0.3, 0.4) is 0 Å². The summed E-state index contributed by atoms with van der Waals surface area (Å²) in [6, 6.07) is 71.6. The van der Waals surface area contributed by atoms with E-state index in [4.69, 9.17) is 41.8 Å². The Morgan fingerprint density at radius 1 is 0.408 bits per heavy atom. The number of nitrogens with one attached hydrogen (secondary N) is 4. The first-order valence-corrected chi connectivity index (χ1v) is 33.8. The van der Waals surface area contributed by atoms with Crippen LogP contribution in [0.25, 0.3) is 100 Å². The van der Waals surface area contributed by atoms with Crippen molar-refractivity contribution < 1.29 is 19.1 Å². The summed E-state index contributed by atoms with van der Waals surface area (Å²) >= 11 is 6.15. The van der Waals surface area contributed by atoms with Gasteiger partial charge in [0, 0.05) is 51.1 Å². The maximum absolute atomic E-state index is 12.5. The van der Waals surface area contributed by atoms with E-state index in [1.807, 2.05) is 133 Å². The van der Waals surface area contributed by atoms with Crippen molar-refractivity contribution in [3.8, 4) is 67.2 Å². The van der Waals surface area contributed by atoms with Crippen molar-refractivity contribution in [2.45, 2.75) is 127 Å². The first kappa shape index (κ1) is 66.0. The van der Waals surface area contributed by atoms with Gasteiger partial charge in [0.25, 0.3) is 0 Å². The molecule has 3 saturated carbocycles. The lowest BCUT2D eigenvalue weighted by Crippen LogP contribution is -2.52. The molecule has 2 amide bonds. The number of H-pyrrole nitrogens is 2. The molecule has 15 nitrogen and oxygen atoms in total. The summed E-state index contributed by atoms with van der Waals surface area (Å²) in [5.41, 5.74) is 23.7. The minimum atomic E-state index is -0.543. The van der Waals surface area contributed by atoms with Gasteiger partial charge in [-0.05, 0) is 175 Å². The molecule has 3 aliphatic rings. The largest absolute Gasteiger partial charge is 0.444 e. The molecule has 0 unspecified atom stereocenters. The van der Waals surface area contributed by atoms with Gasteiger partial charge < -0.3 is 35.8 Å². The molecular formula is C82H78ClN9O6. The molecule has 0 radical (unpaired) electrons. The number of hydrogen-bond acceptors (Lipinski definition) is 11. The van der Waals surface area contributed by atoms with E-state index in [9.17, 15) is 19.2 Å². The number of halogens is 1. The summed E-state index contributed by atoms with van der Waals surface area (Å²) in [6.07, 6.45) is 8.17. The Kier molecular flexibility index (Phi) is 18.3. The summed E-state index contributed by atoms with van der Waals surface area (Å²) in [5, 5.41) is 6.69. The molecule has 98 heavy (non-hydrogen) atoms. The van der Waals surface area contributed by atoms with Gasteiger partial charge >= 0.3 is 12.2 Å². The van der Waals surface area contributed by atoms with Crippen molar-refractivity contribution in [1.29, 1.82) is 0 Å². The summed E-state index contributed by atoms with van der Waals surface area (Å²) in [4.78, 5) is 73.7. The molecule has 16 heteroatoms. The fourth-order valence-electron chi connectivity index (χ4n) is 13.1. The van der Waals surface area contributed by atoms with Crippen molar-refractivity contribution in [3.63, 3.8) is 0 Å². The van der Waals surface area contributed by atoms with E-state index in [2.05, 4.69) is 123 Å². The standard InChI is InChI=1S/C29H28ClN3O2.C29H29N3O3.C24H21N3O/c1-28(2,3)35-27(34)33-29(16-7-17-29)21-12-10-20(11-13-21)26-22(19-8-5-4-6-9-19)18-24-23(32-26)14-15-25(30)31-24;1-28(2,3)35-27(34)32-29(16-7-17-29)21-12-10-20(11-13-21)26-22(19-8-5-4-6-9-19)18-24-23(31-26)14-15-25(33)30-24;25-24(13-4-14-24)18-9-7-17(8-10-18)23-19(16-5-2-1-3-6-16)15-21-20(27-23)11-12-22(28)26-21/h4-6,8-15,18H,7,16-17H2,1-3H3,(H,33,34);4-6,8-15,18H,7,16-17H2,1-3H3,(H,30,33)(H,32,34);1-3,5-12,15H,4,13-14,25H2,(H,26,28). The van der Waals surface area contributed by atoms with E-state index in [-0.39, 0.29) is 28.3 Å². The highest BCUT2D eigenvalue weighted by molar-refractivity contribution is 6.29. The molecule has 3 fully saturated rings. The number of alkyl carbamates (subject to hydrolysis) is 2. The monoisotopic (exact) mass is 1320 g/mol. The number of pyridine rings is 6. The van der Waals surface area contributed by atoms with Crippen molar-refractivity contribution in [3.05, 3.63) is 261 Å². The SMILES string of the molecule is CC(C)(C)OC(=O)NC1(c2ccc(-c3nc4ccc(=O)[nH]c4cc3-c3ccccc3)cc2)CCC1.CC(C)(C)OC(=O)NC1(c2ccc(-c3nc4ccc(Cl)nc4cc3-c3ccccc3)cc2)CCC1.NC1(c2ccc(-c3nc4ccc(=O)[nH]c4cc3-c3ccccc3)cc2)CCC1. The number of rotatable bonds is 11. The van der Waals surface area contributed by atoms with Gasteiger partial charge in [-0.25, -0.2) is 29.5 Å². The first-order chi connectivity index (χ1) is 47.1. The normalized spacial score (nSPS) is 15.0. The molecule has 0 aliphatic heterocycles. The molecule has 0 bridgehead atoms. The van der Waals surface area contributed by atoms with E-state index in [0.717, 1.165) is 157 Å². The predicted octanol–water partition coefficient (Wildman–Crippen LogP) is 18.3. The lowest BCUT2D eigenvalue weighted by molar-refractivity contribution is 0.0365. The molecule has 6 heterocycles. The van der Waals surface area contributed by atoms with Gasteiger partial charge in [0.05, 0.1) is 61.3 Å². The molecule has 0 atom stereocenters. The van der Waals surface area contributed by atoms with Crippen LogP contribution in [0.1, 0.15) is 116 Å². The van der Waals surface area contributed by atoms with Gasteiger partial charge in [-0.15, -0.1) is 0 Å². The number of nitrogens with two attached hydrogens (primary N) is 1. The molecule has 12 aromatic rings. The number of aromatic nitrogens is 6. The number of carbonyl (C=O) groups excluding carboxylic acids is 2. The number of nitrogens with zero attached hydrogens (tertiary/aromatic N) is 4. The van der Waals surface area contributed by atoms with E-state index in [0.29, 0.717) is 10.7 Å². The van der Waals surface area contributed by atoms with Crippen molar-refractivity contribution >= 4 is 56.9 Å². The zero-order valence-corrected chi connectivity index (χ0v) is 56.6. The van der Waals surface area contributed by atoms with Crippen molar-refractivity contribution in [1.82, 2.24) is 40.5 Å². The fourth-order valence-corrected chi connectivity index (χ4v) is 13.3. The number of fused-ring (bicyclic) bond motifs is 3. The Morgan fingerprint density at radius 2 is 0.755 bits per heavy atom. The number of aromatic amines is 2. The van der Waals surface area contributed by atoms with Crippen LogP contribution in [0.4, 0.5) is 9.59 Å². The van der Waals surface area contributed by atoms with E-state index in [1.54, 1.807) is 18.2 Å². The molecular weight excluding hydrogens is 1240 g/mol. The second-order valence-electron chi connectivity index (χ2n) is 27.8. The molecule has 0 spiro atoms. The lowest BCUT2D eigenvalue weighted by atomic mass is 9.71. The third kappa shape index (κ3) is 14.6. The first-order valence-electron chi connectivity index (χ1n) is 33.4. The smallest absolute Gasteiger partial charge is 0.408 e. The van der Waals surface area contributed by atoms with Gasteiger partial charge in [0.1, 0.15) is 16.4 Å². The summed E-state index contributed by atoms with van der Waals surface area (Å²) < 4.78 is 11.0. The second kappa shape index (κ2) is 27.1. The van der Waals surface area contributed by atoms with Crippen molar-refractivity contribution in [2.75, 3.05) is 0 Å². The highest BCUT2D eigenvalue weighted by Gasteiger charge is 2.43. The van der Waals surface area contributed by atoms with Crippen LogP contribution in [0.2, 0.25) is 5.15 Å². The zero-order chi connectivity index (χ0) is 68.4. The Morgan fingerprint density at radius 3 is 1.10 bits per heavy atom. The van der Waals surface area contributed by atoms with E-state index < -0.39 is 22.8 Å². The van der Waals surface area contributed by atoms with Gasteiger partial charge in [-0.1, -0.05) is 175 Å². The molecule has 6 aromatic heterocycles. The average Bonchev–Trinajstić information content (AvgIpc) is 0.774. The highest BCUT2D eigenvalue weighted by atomic mass is 35.5. The Bertz CT molecular complexity index is 5020. The number of ether oxygens (including phenoxy) is 2. The van der Waals surface area contributed by atoms with Crippen LogP contribution < -0.4 is 27.5 Å². The third-order valence-electron chi connectivity index (χ3n) is 18.6. The Hall–Kier alpha value is -10.6. The number of amides is 2. The van der Waals surface area contributed by atoms with Crippen LogP contribution >= 0.6 is 11.6 Å². The van der Waals surface area contributed by atoms with Gasteiger partial charge in [0.2, 0.25) is 11.1 Å². The number of hydrogen-bond donors (Lipinski definition) is 5. The molecule has 0 saturated heterocycles. The predicted molar refractivity (Wildman–Crippen MR) is 391 cm³/mol. The highest BCUT2D eigenvalue weighted by Crippen LogP contribution is 2.45. The number of carbonyl (C=O) groups is 2. The minimum Gasteiger partial charge on any atom is -0.444 e. The molecule has 494 valence electrons. The van der Waals surface area contributed by atoms with Crippen molar-refractivity contribution in [2.24, 2.45) is 5.73 Å². The third-order valence-corrected chi connectivity index (χ3v) is 18.8. The molecule has 3 aliphatic carbocycles. The minimum absolute atomic E-state index is 0.126. The van der Waals surface area contributed by atoms with E-state index in [1.165, 1.54) is 24.1 Å². The van der Waals surface area contributed by atoms with E-state index >= 15 is 0 Å². The lowest BCUT2D eigenvalue weighted by Gasteiger charge is -2.43. The maximum atomic E-state index is 12.5. The fraction of sp³-hybridized carbons (Fsp3) is 0.244. The Balaban J connectivity index is 0.000000133. The number of benzene rings is 6. The molecule has 6 aromatic carbocycles. The maximum Gasteiger partial charge on any atom is 0.408 e. The molecule has 6 N–H and O–H groups in total. The zero-order valence-electron chi connectivity index (χ0n) is 55.8. The topological polar surface area (TPSA) is 220 Å². The quantitative estimate of drug-likeness (QED) is 0.0767. The second-order valence-corrected chi connectivity index (χ2v) is 28.2. The Labute approximate surface area is 574 Å². The van der Waals surface area contributed by atoms with Crippen LogP contribution in [-0.4, -0.2) is 53.3 Å². The summed E-state index contributed by atoms with van der Waals surface area (Å²) in [5.74, 6) is 0. The van der Waals surface area contributed by atoms with Crippen LogP contribution in [0.5, 0.6) is 0 Å². The van der Waals surface area contributed by atoms with Gasteiger partial charge in [-0.2, -0.15) is 0 Å². The molecule has 15 rings (SSSR count). The summed E-state index contributed by atoms with van der Waals surface area (Å²) in [7, 11) is 0. The van der Waals surface area contributed by atoms with Gasteiger partial charge in [0.15, 0.2) is 0 Å². The summed E-state index contributed by atoms with van der Waals surface area (Å²) in [6.45, 7) is 11.2. The van der Waals surface area contributed by atoms with Crippen LogP contribution in [-0.2, 0) is 26.1 Å².